The van der Waals surface area contributed by atoms with E-state index in [4.69, 9.17) is 4.42 Å². The Balaban J connectivity index is 2.22. The molecule has 2 rings (SSSR count). The molecule has 1 N–H and O–H groups in total. The molecule has 0 aliphatic carbocycles. The molecule has 74 valence electrons. The highest BCUT2D eigenvalue weighted by molar-refractivity contribution is 6.99. The number of hydrogen-bond donors (Lipinski definition) is 1. The zero-order chi connectivity index (χ0) is 9.80. The topological polar surface area (TPSA) is 51.0 Å². The molecular weight excluding hydrogens is 198 g/mol. The van der Waals surface area contributed by atoms with Crippen molar-refractivity contribution < 1.29 is 4.42 Å². The van der Waals surface area contributed by atoms with Gasteiger partial charge < -0.3 is 9.73 Å². The van der Waals surface area contributed by atoms with E-state index in [1.807, 2.05) is 6.07 Å². The molecule has 14 heavy (non-hydrogen) atoms. The molecule has 0 atom stereocenters. The lowest BCUT2D eigenvalue weighted by atomic mass is 10.2. The number of nitrogens with zero attached hydrogens (tertiary/aromatic N) is 2. The average Bonchev–Trinajstić information content (AvgIpc) is 2.84. The highest BCUT2D eigenvalue weighted by Gasteiger charge is 2.10. The minimum Gasteiger partial charge on any atom is -0.472 e. The van der Waals surface area contributed by atoms with E-state index in [-0.39, 0.29) is 0 Å². The summed E-state index contributed by atoms with van der Waals surface area (Å²) in [4.78, 5) is 0. The van der Waals surface area contributed by atoms with Crippen LogP contribution in [0.5, 0.6) is 0 Å². The smallest absolute Gasteiger partial charge is 0.168 e. The Morgan fingerprint density at radius 3 is 3.14 bits per heavy atom. The first-order valence-electron chi connectivity index (χ1n) is 4.51. The first-order valence-corrected chi connectivity index (χ1v) is 5.24. The maximum atomic E-state index is 5.01. The van der Waals surface area contributed by atoms with Crippen LogP contribution in [0.25, 0.3) is 11.3 Å². The van der Waals surface area contributed by atoms with E-state index in [1.54, 1.807) is 12.5 Å². The summed E-state index contributed by atoms with van der Waals surface area (Å²) in [6, 6.07) is 1.88. The van der Waals surface area contributed by atoms with Crippen molar-refractivity contribution in [2.24, 2.45) is 0 Å². The number of furan rings is 1. The van der Waals surface area contributed by atoms with Gasteiger partial charge in [0.05, 0.1) is 24.3 Å². The average molecular weight is 209 g/mol. The van der Waals surface area contributed by atoms with E-state index in [1.165, 1.54) is 11.7 Å². The second-order valence-corrected chi connectivity index (χ2v) is 3.43. The molecule has 0 unspecified atom stereocenters. The number of aromatic nitrogens is 2. The second-order valence-electron chi connectivity index (χ2n) is 2.90. The van der Waals surface area contributed by atoms with Crippen molar-refractivity contribution >= 4 is 17.5 Å². The van der Waals surface area contributed by atoms with Gasteiger partial charge in [0.1, 0.15) is 5.69 Å². The van der Waals surface area contributed by atoms with Crippen LogP contribution in [-0.4, -0.2) is 15.3 Å². The van der Waals surface area contributed by atoms with Crippen LogP contribution in [0.2, 0.25) is 0 Å². The van der Waals surface area contributed by atoms with Gasteiger partial charge in [-0.25, -0.2) is 0 Å². The van der Waals surface area contributed by atoms with Crippen molar-refractivity contribution in [3.8, 4) is 11.3 Å². The standard InChI is InChI=1S/C9H11N3OS/c1-2-4-10-9-8(11-14-12-9)7-3-5-13-6-7/h3,5-6H,2,4H2,1H3,(H,10,12). The summed E-state index contributed by atoms with van der Waals surface area (Å²) in [7, 11) is 0. The van der Waals surface area contributed by atoms with Crippen molar-refractivity contribution in [1.29, 1.82) is 0 Å². The molecular formula is C9H11N3OS. The fourth-order valence-electron chi connectivity index (χ4n) is 1.14. The predicted octanol–water partition coefficient (Wildman–Crippen LogP) is 2.62. The number of anilines is 1. The summed E-state index contributed by atoms with van der Waals surface area (Å²) >= 11 is 1.21. The summed E-state index contributed by atoms with van der Waals surface area (Å²) in [5.41, 5.74) is 1.84. The van der Waals surface area contributed by atoms with Gasteiger partial charge in [-0.05, 0) is 12.5 Å². The molecule has 0 spiro atoms. The van der Waals surface area contributed by atoms with Gasteiger partial charge in [0, 0.05) is 12.1 Å². The van der Waals surface area contributed by atoms with E-state index < -0.39 is 0 Å². The largest absolute Gasteiger partial charge is 0.472 e. The van der Waals surface area contributed by atoms with Gasteiger partial charge >= 0.3 is 0 Å². The third-order valence-corrected chi connectivity index (χ3v) is 2.35. The lowest BCUT2D eigenvalue weighted by Gasteiger charge is -2.00. The fourth-order valence-corrected chi connectivity index (χ4v) is 1.68. The van der Waals surface area contributed by atoms with Crippen LogP contribution in [0, 0.1) is 0 Å². The van der Waals surface area contributed by atoms with Gasteiger partial charge in [-0.3, -0.25) is 0 Å². The molecule has 0 fully saturated rings. The number of rotatable bonds is 4. The van der Waals surface area contributed by atoms with Gasteiger partial charge in [-0.1, -0.05) is 6.92 Å². The fraction of sp³-hybridized carbons (Fsp3) is 0.333. The van der Waals surface area contributed by atoms with Crippen molar-refractivity contribution in [3.05, 3.63) is 18.6 Å². The van der Waals surface area contributed by atoms with E-state index in [0.717, 1.165) is 30.0 Å². The van der Waals surface area contributed by atoms with Gasteiger partial charge in [0.25, 0.3) is 0 Å². The highest BCUT2D eigenvalue weighted by atomic mass is 32.1. The van der Waals surface area contributed by atoms with Crippen LogP contribution in [0.4, 0.5) is 5.82 Å². The van der Waals surface area contributed by atoms with E-state index >= 15 is 0 Å². The van der Waals surface area contributed by atoms with Crippen LogP contribution >= 0.6 is 11.7 Å². The summed E-state index contributed by atoms with van der Waals surface area (Å²) in [5, 5.41) is 3.23. The molecule has 2 aromatic rings. The minimum absolute atomic E-state index is 0.846. The van der Waals surface area contributed by atoms with Crippen LogP contribution in [0.3, 0.4) is 0 Å². The molecule has 2 heterocycles. The lowest BCUT2D eigenvalue weighted by Crippen LogP contribution is -2.00. The molecule has 0 aromatic carbocycles. The van der Waals surface area contributed by atoms with Gasteiger partial charge in [-0.15, -0.1) is 0 Å². The quantitative estimate of drug-likeness (QED) is 0.841. The zero-order valence-corrected chi connectivity index (χ0v) is 8.67. The van der Waals surface area contributed by atoms with Crippen molar-refractivity contribution in [2.75, 3.05) is 11.9 Å². The molecule has 0 bridgehead atoms. The van der Waals surface area contributed by atoms with Crippen molar-refractivity contribution in [1.82, 2.24) is 8.75 Å². The van der Waals surface area contributed by atoms with Gasteiger partial charge in [0.2, 0.25) is 0 Å². The summed E-state index contributed by atoms with van der Waals surface area (Å²) in [6.07, 6.45) is 4.38. The van der Waals surface area contributed by atoms with Crippen LogP contribution in [-0.2, 0) is 0 Å². The van der Waals surface area contributed by atoms with Crippen molar-refractivity contribution in [3.63, 3.8) is 0 Å². The monoisotopic (exact) mass is 209 g/mol. The van der Waals surface area contributed by atoms with Crippen molar-refractivity contribution in [2.45, 2.75) is 13.3 Å². The van der Waals surface area contributed by atoms with Gasteiger partial charge in [-0.2, -0.15) is 8.75 Å². The highest BCUT2D eigenvalue weighted by Crippen LogP contribution is 2.25. The second kappa shape index (κ2) is 4.23. The first kappa shape index (κ1) is 9.21. The number of nitrogens with one attached hydrogen (secondary N) is 1. The molecule has 0 aliphatic heterocycles. The molecule has 2 aromatic heterocycles. The van der Waals surface area contributed by atoms with Gasteiger partial charge in [0.15, 0.2) is 5.82 Å². The van der Waals surface area contributed by atoms with E-state index in [0.29, 0.717) is 0 Å². The third-order valence-electron chi connectivity index (χ3n) is 1.83. The van der Waals surface area contributed by atoms with Crippen LogP contribution in [0.1, 0.15) is 13.3 Å². The Labute approximate surface area is 86.3 Å². The SMILES string of the molecule is CCCNc1nsnc1-c1ccoc1. The summed E-state index contributed by atoms with van der Waals surface area (Å²) in [6.45, 7) is 3.03. The Morgan fingerprint density at radius 1 is 1.50 bits per heavy atom. The Bertz CT molecular complexity index is 382. The van der Waals surface area contributed by atoms with E-state index in [9.17, 15) is 0 Å². The normalized spacial score (nSPS) is 10.4. The summed E-state index contributed by atoms with van der Waals surface area (Å²) in [5.74, 6) is 0.846. The van der Waals surface area contributed by atoms with Crippen LogP contribution in [0.15, 0.2) is 23.0 Å². The summed E-state index contributed by atoms with van der Waals surface area (Å²) < 4.78 is 13.4. The zero-order valence-electron chi connectivity index (χ0n) is 7.86. The van der Waals surface area contributed by atoms with E-state index in [2.05, 4.69) is 21.0 Å². The molecule has 0 radical (unpaired) electrons. The molecule has 0 saturated heterocycles. The molecule has 0 aliphatic rings. The minimum atomic E-state index is 0.846. The molecule has 0 amide bonds. The van der Waals surface area contributed by atoms with Crippen LogP contribution < -0.4 is 5.32 Å². The maximum Gasteiger partial charge on any atom is 0.168 e. The Hall–Kier alpha value is -1.36. The molecule has 4 nitrogen and oxygen atoms in total. The predicted molar refractivity (Wildman–Crippen MR) is 56.4 cm³/mol. The molecule has 5 heteroatoms. The first-order chi connectivity index (χ1) is 6.92. The maximum absolute atomic E-state index is 5.01. The Morgan fingerprint density at radius 2 is 2.43 bits per heavy atom. The number of hydrogen-bond acceptors (Lipinski definition) is 5. The Kier molecular flexibility index (Phi) is 2.78. The molecule has 0 saturated carbocycles. The lowest BCUT2D eigenvalue weighted by molar-refractivity contribution is 0.568. The third kappa shape index (κ3) is 1.77.